The second-order valence-corrected chi connectivity index (χ2v) is 4.69. The maximum Gasteiger partial charge on any atom is 0.165 e. The van der Waals surface area contributed by atoms with Crippen LogP contribution in [0, 0.1) is 0 Å². The minimum atomic E-state index is -0.516. The van der Waals surface area contributed by atoms with Crippen LogP contribution in [0.1, 0.15) is 45.0 Å². The molecule has 0 unspecified atom stereocenters. The molecule has 0 spiro atoms. The Morgan fingerprint density at radius 3 is 2.58 bits per heavy atom. The number of pyridine rings is 1. The second kappa shape index (κ2) is 5.84. The average molecular weight is 261 g/mol. The van der Waals surface area contributed by atoms with Gasteiger partial charge in [0.25, 0.3) is 0 Å². The third kappa shape index (κ3) is 3.32. The Kier molecular flexibility index (Phi) is 4.16. The summed E-state index contributed by atoms with van der Waals surface area (Å²) >= 11 is 0. The van der Waals surface area contributed by atoms with Crippen molar-refractivity contribution in [2.45, 2.75) is 39.3 Å². The molecule has 2 heterocycles. The van der Waals surface area contributed by atoms with Crippen LogP contribution in [-0.4, -0.2) is 19.9 Å². The molecule has 0 saturated heterocycles. The number of ether oxygens (including phenoxy) is 1. The number of hydrogen-bond donors (Lipinski definition) is 1. The molecular formula is C14H19N3O2. The third-order valence-corrected chi connectivity index (χ3v) is 2.83. The Morgan fingerprint density at radius 1 is 1.26 bits per heavy atom. The van der Waals surface area contributed by atoms with E-state index in [0.717, 1.165) is 0 Å². The minimum Gasteiger partial charge on any atom is -0.452 e. The van der Waals surface area contributed by atoms with Crippen LogP contribution in [0.15, 0.2) is 30.7 Å². The van der Waals surface area contributed by atoms with E-state index in [4.69, 9.17) is 4.74 Å². The van der Waals surface area contributed by atoms with Crippen LogP contribution in [0.2, 0.25) is 0 Å². The van der Waals surface area contributed by atoms with Crippen LogP contribution in [-0.2, 0) is 0 Å². The highest BCUT2D eigenvalue weighted by molar-refractivity contribution is 5.27. The summed E-state index contributed by atoms with van der Waals surface area (Å²) in [7, 11) is 0. The van der Waals surface area contributed by atoms with E-state index in [9.17, 15) is 5.11 Å². The van der Waals surface area contributed by atoms with Gasteiger partial charge in [-0.05, 0) is 32.4 Å². The Balaban J connectivity index is 2.06. The van der Waals surface area contributed by atoms with E-state index < -0.39 is 6.10 Å². The number of aliphatic hydroxyl groups is 1. The van der Waals surface area contributed by atoms with Crippen LogP contribution >= 0.6 is 0 Å². The van der Waals surface area contributed by atoms with E-state index in [1.54, 1.807) is 24.5 Å². The van der Waals surface area contributed by atoms with Gasteiger partial charge in [-0.2, -0.15) is 5.10 Å². The summed E-state index contributed by atoms with van der Waals surface area (Å²) in [5.74, 6) is 1.31. The van der Waals surface area contributed by atoms with Crippen molar-refractivity contribution in [2.24, 2.45) is 0 Å². The van der Waals surface area contributed by atoms with Crippen molar-refractivity contribution in [3.8, 4) is 11.5 Å². The lowest BCUT2D eigenvalue weighted by Gasteiger charge is -2.08. The average Bonchev–Trinajstić information content (AvgIpc) is 2.87. The summed E-state index contributed by atoms with van der Waals surface area (Å²) in [4.78, 5) is 4.19. The predicted octanol–water partition coefficient (Wildman–Crippen LogP) is 3.09. The largest absolute Gasteiger partial charge is 0.452 e. The van der Waals surface area contributed by atoms with Crippen LogP contribution in [0.5, 0.6) is 11.5 Å². The fraction of sp³-hybridized carbons (Fsp3) is 0.429. The van der Waals surface area contributed by atoms with E-state index in [-0.39, 0.29) is 0 Å². The van der Waals surface area contributed by atoms with Gasteiger partial charge in [-0.25, -0.2) is 0 Å². The van der Waals surface area contributed by atoms with E-state index in [2.05, 4.69) is 23.9 Å². The highest BCUT2D eigenvalue weighted by atomic mass is 16.5. The molecule has 2 rings (SSSR count). The molecule has 1 atom stereocenters. The lowest BCUT2D eigenvalue weighted by Crippen LogP contribution is -1.99. The topological polar surface area (TPSA) is 60.2 Å². The molecule has 1 N–H and O–H groups in total. The number of aromatic nitrogens is 3. The van der Waals surface area contributed by atoms with Crippen molar-refractivity contribution >= 4 is 0 Å². The highest BCUT2D eigenvalue weighted by Gasteiger charge is 2.07. The minimum absolute atomic E-state index is 0.303. The van der Waals surface area contributed by atoms with Gasteiger partial charge in [0.05, 0.1) is 30.4 Å². The van der Waals surface area contributed by atoms with Crippen LogP contribution < -0.4 is 4.74 Å². The summed E-state index contributed by atoms with van der Waals surface area (Å²) < 4.78 is 7.48. The van der Waals surface area contributed by atoms with E-state index in [1.807, 2.05) is 17.8 Å². The molecular weight excluding hydrogens is 242 g/mol. The molecule has 5 nitrogen and oxygen atoms in total. The van der Waals surface area contributed by atoms with Crippen molar-refractivity contribution in [1.29, 1.82) is 0 Å². The lowest BCUT2D eigenvalue weighted by molar-refractivity contribution is 0.169. The molecule has 0 bridgehead atoms. The van der Waals surface area contributed by atoms with E-state index in [1.165, 1.54) is 0 Å². The summed E-state index contributed by atoms with van der Waals surface area (Å²) in [5, 5.41) is 13.9. The molecule has 2 aromatic heterocycles. The SMILES string of the molecule is CC[C@@H](O)c1ccc(Oc2cnn(C(C)C)c2)cn1. The molecule has 19 heavy (non-hydrogen) atoms. The van der Waals surface area contributed by atoms with Crippen molar-refractivity contribution in [3.05, 3.63) is 36.4 Å². The fourth-order valence-electron chi connectivity index (χ4n) is 1.65. The zero-order valence-corrected chi connectivity index (χ0v) is 11.4. The van der Waals surface area contributed by atoms with Gasteiger partial charge in [0.1, 0.15) is 5.75 Å². The van der Waals surface area contributed by atoms with Gasteiger partial charge < -0.3 is 9.84 Å². The number of rotatable bonds is 5. The Bertz CT molecular complexity index is 520. The highest BCUT2D eigenvalue weighted by Crippen LogP contribution is 2.22. The summed E-state index contributed by atoms with van der Waals surface area (Å²) in [6, 6.07) is 3.88. The van der Waals surface area contributed by atoms with Gasteiger partial charge in [0.15, 0.2) is 5.75 Å². The molecule has 0 aliphatic heterocycles. The normalized spacial score (nSPS) is 12.7. The molecule has 0 radical (unpaired) electrons. The van der Waals surface area contributed by atoms with Gasteiger partial charge in [0, 0.05) is 6.04 Å². The number of aliphatic hydroxyl groups excluding tert-OH is 1. The maximum absolute atomic E-state index is 9.66. The third-order valence-electron chi connectivity index (χ3n) is 2.83. The fourth-order valence-corrected chi connectivity index (χ4v) is 1.65. The first-order valence-corrected chi connectivity index (χ1v) is 6.46. The van der Waals surface area contributed by atoms with Gasteiger partial charge in [-0.1, -0.05) is 6.92 Å². The van der Waals surface area contributed by atoms with Crippen molar-refractivity contribution in [3.63, 3.8) is 0 Å². The number of hydrogen-bond acceptors (Lipinski definition) is 4. The van der Waals surface area contributed by atoms with Crippen molar-refractivity contribution < 1.29 is 9.84 Å². The quantitative estimate of drug-likeness (QED) is 0.898. The summed E-state index contributed by atoms with van der Waals surface area (Å²) in [5.41, 5.74) is 0.660. The predicted molar refractivity (Wildman–Crippen MR) is 72.2 cm³/mol. The molecule has 0 aromatic carbocycles. The zero-order valence-electron chi connectivity index (χ0n) is 11.4. The number of nitrogens with zero attached hydrogens (tertiary/aromatic N) is 3. The van der Waals surface area contributed by atoms with Crippen LogP contribution in [0.25, 0.3) is 0 Å². The Labute approximate surface area is 112 Å². The molecule has 0 amide bonds. The Morgan fingerprint density at radius 2 is 2.05 bits per heavy atom. The van der Waals surface area contributed by atoms with E-state index in [0.29, 0.717) is 29.7 Å². The summed E-state index contributed by atoms with van der Waals surface area (Å²) in [6.45, 7) is 6.02. The Hall–Kier alpha value is -1.88. The molecule has 0 saturated carbocycles. The standard InChI is InChI=1S/C14H19N3O2/c1-4-14(18)13-6-5-11(7-15-13)19-12-8-16-17(9-12)10(2)3/h5-10,14,18H,4H2,1-3H3/t14-/m1/s1. The van der Waals surface area contributed by atoms with Gasteiger partial charge in [-0.15, -0.1) is 0 Å². The van der Waals surface area contributed by atoms with Gasteiger partial charge in [0.2, 0.25) is 0 Å². The van der Waals surface area contributed by atoms with Crippen LogP contribution in [0.3, 0.4) is 0 Å². The summed E-state index contributed by atoms with van der Waals surface area (Å²) in [6.07, 6.45) is 5.27. The van der Waals surface area contributed by atoms with Crippen molar-refractivity contribution in [2.75, 3.05) is 0 Å². The van der Waals surface area contributed by atoms with Gasteiger partial charge in [-0.3, -0.25) is 9.67 Å². The maximum atomic E-state index is 9.66. The molecule has 0 aliphatic carbocycles. The first-order valence-electron chi connectivity index (χ1n) is 6.46. The molecule has 2 aromatic rings. The molecule has 5 heteroatoms. The van der Waals surface area contributed by atoms with Gasteiger partial charge >= 0.3 is 0 Å². The first kappa shape index (κ1) is 13.5. The zero-order chi connectivity index (χ0) is 13.8. The molecule has 102 valence electrons. The first-order chi connectivity index (χ1) is 9.10. The molecule has 0 fully saturated rings. The lowest BCUT2D eigenvalue weighted by atomic mass is 10.2. The molecule has 0 aliphatic rings. The monoisotopic (exact) mass is 261 g/mol. The van der Waals surface area contributed by atoms with Crippen LogP contribution in [0.4, 0.5) is 0 Å². The smallest absolute Gasteiger partial charge is 0.165 e. The van der Waals surface area contributed by atoms with E-state index >= 15 is 0 Å². The van der Waals surface area contributed by atoms with Crippen molar-refractivity contribution in [1.82, 2.24) is 14.8 Å². The second-order valence-electron chi connectivity index (χ2n) is 4.69.